The molecule has 0 radical (unpaired) electrons. The molecule has 1 aliphatic heterocycles. The van der Waals surface area contributed by atoms with Gasteiger partial charge in [-0.15, -0.1) is 0 Å². The number of carbonyl (C=O) groups is 1. The smallest absolute Gasteiger partial charge is 0.330 e. The number of hydrogen-bond donors (Lipinski definition) is 0. The molecule has 0 amide bonds. The third kappa shape index (κ3) is 4.02. The summed E-state index contributed by atoms with van der Waals surface area (Å²) in [4.78, 5) is 11.1. The summed E-state index contributed by atoms with van der Waals surface area (Å²) in [6.45, 7) is 3.41. The van der Waals surface area contributed by atoms with Crippen molar-refractivity contribution >= 4 is 5.97 Å². The molecule has 4 nitrogen and oxygen atoms in total. The van der Waals surface area contributed by atoms with E-state index >= 15 is 0 Å². The monoisotopic (exact) mass is 262 g/mol. The average Bonchev–Trinajstić information content (AvgIpc) is 2.44. The highest BCUT2D eigenvalue weighted by atomic mass is 16.6. The Bertz CT molecular complexity index is 443. The zero-order chi connectivity index (χ0) is 13.5. The highest BCUT2D eigenvalue weighted by Gasteiger charge is 2.19. The van der Waals surface area contributed by atoms with Gasteiger partial charge in [-0.05, 0) is 13.0 Å². The SMILES string of the molecule is CCOC(=O)/C=C/C=C/C1C=CC2=C(C1)OCCO2. The summed E-state index contributed by atoms with van der Waals surface area (Å²) >= 11 is 0. The molecule has 0 spiro atoms. The van der Waals surface area contributed by atoms with Gasteiger partial charge in [0, 0.05) is 18.4 Å². The molecular formula is C15H18O4. The van der Waals surface area contributed by atoms with E-state index in [1.54, 1.807) is 13.0 Å². The molecule has 1 heterocycles. The largest absolute Gasteiger partial charge is 0.490 e. The topological polar surface area (TPSA) is 44.8 Å². The first-order chi connectivity index (χ1) is 9.29. The first-order valence-electron chi connectivity index (χ1n) is 6.48. The van der Waals surface area contributed by atoms with Crippen LogP contribution in [0.25, 0.3) is 0 Å². The number of hydrogen-bond acceptors (Lipinski definition) is 4. The maximum absolute atomic E-state index is 11.1. The standard InChI is InChI=1S/C15H18O4/c1-2-17-15(16)6-4-3-5-12-7-8-13-14(11-12)19-10-9-18-13/h3-8,12H,2,9-11H2,1H3/b5-3+,6-4+. The third-order valence-corrected chi connectivity index (χ3v) is 2.80. The molecule has 1 aliphatic carbocycles. The van der Waals surface area contributed by atoms with Gasteiger partial charge in [-0.3, -0.25) is 0 Å². The van der Waals surface area contributed by atoms with Gasteiger partial charge in [0.15, 0.2) is 5.76 Å². The molecule has 0 N–H and O–H groups in total. The fourth-order valence-corrected chi connectivity index (χ4v) is 1.93. The molecule has 0 fully saturated rings. The van der Waals surface area contributed by atoms with Crippen molar-refractivity contribution in [2.75, 3.05) is 19.8 Å². The molecule has 4 heteroatoms. The third-order valence-electron chi connectivity index (χ3n) is 2.80. The molecule has 0 aromatic heterocycles. The Balaban J connectivity index is 1.83. The van der Waals surface area contributed by atoms with Crippen molar-refractivity contribution in [3.8, 4) is 0 Å². The predicted molar refractivity (Wildman–Crippen MR) is 71.1 cm³/mol. The molecule has 0 aromatic carbocycles. The van der Waals surface area contributed by atoms with E-state index in [0.29, 0.717) is 19.8 Å². The number of rotatable bonds is 4. The van der Waals surface area contributed by atoms with E-state index in [2.05, 4.69) is 6.08 Å². The van der Waals surface area contributed by atoms with E-state index in [1.807, 2.05) is 18.2 Å². The average molecular weight is 262 g/mol. The Morgan fingerprint density at radius 1 is 1.42 bits per heavy atom. The minimum absolute atomic E-state index is 0.271. The summed E-state index contributed by atoms with van der Waals surface area (Å²) in [7, 11) is 0. The zero-order valence-electron chi connectivity index (χ0n) is 11.0. The van der Waals surface area contributed by atoms with E-state index in [0.717, 1.165) is 17.9 Å². The Hall–Kier alpha value is -1.97. The minimum atomic E-state index is -0.319. The van der Waals surface area contributed by atoms with Crippen molar-refractivity contribution in [1.82, 2.24) is 0 Å². The van der Waals surface area contributed by atoms with Crippen LogP contribution in [0.1, 0.15) is 13.3 Å². The molecule has 1 atom stereocenters. The molecule has 0 saturated heterocycles. The zero-order valence-corrected chi connectivity index (χ0v) is 11.0. The lowest BCUT2D eigenvalue weighted by Crippen LogP contribution is -2.17. The maximum atomic E-state index is 11.1. The number of ether oxygens (including phenoxy) is 3. The summed E-state index contributed by atoms with van der Waals surface area (Å²) in [5.74, 6) is 1.71. The van der Waals surface area contributed by atoms with Gasteiger partial charge in [0.05, 0.1) is 6.61 Å². The molecule has 102 valence electrons. The second-order valence-corrected chi connectivity index (χ2v) is 4.21. The lowest BCUT2D eigenvalue weighted by Gasteiger charge is -2.25. The van der Waals surface area contributed by atoms with E-state index in [4.69, 9.17) is 14.2 Å². The van der Waals surface area contributed by atoms with Gasteiger partial charge in [-0.1, -0.05) is 24.3 Å². The van der Waals surface area contributed by atoms with Crippen LogP contribution in [0, 0.1) is 5.92 Å². The first-order valence-corrected chi connectivity index (χ1v) is 6.48. The van der Waals surface area contributed by atoms with Gasteiger partial charge in [0.1, 0.15) is 19.0 Å². The van der Waals surface area contributed by atoms with Crippen molar-refractivity contribution < 1.29 is 19.0 Å². The summed E-state index contributed by atoms with van der Waals surface area (Å²) in [6, 6.07) is 0. The van der Waals surface area contributed by atoms with Crippen molar-refractivity contribution in [3.05, 3.63) is 48.0 Å². The molecule has 2 rings (SSSR count). The predicted octanol–water partition coefficient (Wildman–Crippen LogP) is 2.50. The van der Waals surface area contributed by atoms with Crippen molar-refractivity contribution in [1.29, 1.82) is 0 Å². The summed E-state index contributed by atoms with van der Waals surface area (Å²) in [5, 5.41) is 0. The molecule has 19 heavy (non-hydrogen) atoms. The fraction of sp³-hybridized carbons (Fsp3) is 0.400. The van der Waals surface area contributed by atoms with Gasteiger partial charge in [-0.25, -0.2) is 4.79 Å². The highest BCUT2D eigenvalue weighted by molar-refractivity contribution is 5.82. The number of carbonyl (C=O) groups excluding carboxylic acids is 1. The van der Waals surface area contributed by atoms with Gasteiger partial charge in [0.25, 0.3) is 0 Å². The lowest BCUT2D eigenvalue weighted by molar-refractivity contribution is -0.137. The number of allylic oxidation sites excluding steroid dienone is 6. The van der Waals surface area contributed by atoms with E-state index in [1.165, 1.54) is 6.08 Å². The van der Waals surface area contributed by atoms with Gasteiger partial charge in [0.2, 0.25) is 0 Å². The van der Waals surface area contributed by atoms with E-state index in [-0.39, 0.29) is 11.9 Å². The summed E-state index contributed by atoms with van der Waals surface area (Å²) in [6.07, 6.45) is 11.8. The highest BCUT2D eigenvalue weighted by Crippen LogP contribution is 2.28. The van der Waals surface area contributed by atoms with Crippen molar-refractivity contribution in [3.63, 3.8) is 0 Å². The second kappa shape index (κ2) is 6.83. The molecule has 0 saturated carbocycles. The minimum Gasteiger partial charge on any atom is -0.490 e. The van der Waals surface area contributed by atoms with Crippen LogP contribution in [-0.4, -0.2) is 25.8 Å². The maximum Gasteiger partial charge on any atom is 0.330 e. The molecule has 0 aromatic rings. The van der Waals surface area contributed by atoms with E-state index < -0.39 is 0 Å². The van der Waals surface area contributed by atoms with Crippen LogP contribution < -0.4 is 0 Å². The Kier molecular flexibility index (Phi) is 4.84. The quantitative estimate of drug-likeness (QED) is 0.443. The van der Waals surface area contributed by atoms with Gasteiger partial charge >= 0.3 is 5.97 Å². The van der Waals surface area contributed by atoms with Gasteiger partial charge in [-0.2, -0.15) is 0 Å². The van der Waals surface area contributed by atoms with Crippen LogP contribution in [0.2, 0.25) is 0 Å². The molecule has 0 bridgehead atoms. The number of esters is 1. The van der Waals surface area contributed by atoms with Crippen LogP contribution >= 0.6 is 0 Å². The van der Waals surface area contributed by atoms with Crippen LogP contribution in [-0.2, 0) is 19.0 Å². The van der Waals surface area contributed by atoms with Crippen LogP contribution in [0.5, 0.6) is 0 Å². The van der Waals surface area contributed by atoms with Crippen LogP contribution in [0.4, 0.5) is 0 Å². The van der Waals surface area contributed by atoms with Crippen molar-refractivity contribution in [2.45, 2.75) is 13.3 Å². The Labute approximate surface area is 113 Å². The molecule has 1 unspecified atom stereocenters. The Morgan fingerprint density at radius 3 is 3.11 bits per heavy atom. The normalized spacial score (nSPS) is 22.3. The Morgan fingerprint density at radius 2 is 2.26 bits per heavy atom. The second-order valence-electron chi connectivity index (χ2n) is 4.21. The summed E-state index contributed by atoms with van der Waals surface area (Å²) in [5.41, 5.74) is 0. The molecule has 2 aliphatic rings. The molecular weight excluding hydrogens is 244 g/mol. The summed E-state index contributed by atoms with van der Waals surface area (Å²) < 4.78 is 15.8. The van der Waals surface area contributed by atoms with Gasteiger partial charge < -0.3 is 14.2 Å². The van der Waals surface area contributed by atoms with Crippen LogP contribution in [0.3, 0.4) is 0 Å². The van der Waals surface area contributed by atoms with Crippen molar-refractivity contribution in [2.24, 2.45) is 5.92 Å². The van der Waals surface area contributed by atoms with Crippen LogP contribution in [0.15, 0.2) is 48.0 Å². The first kappa shape index (κ1) is 13.5. The fourth-order valence-electron chi connectivity index (χ4n) is 1.93. The van der Waals surface area contributed by atoms with E-state index in [9.17, 15) is 4.79 Å². The lowest BCUT2D eigenvalue weighted by atomic mass is 9.97.